The molecule has 0 heterocycles. The summed E-state index contributed by atoms with van der Waals surface area (Å²) in [6.07, 6.45) is 1.60. The van der Waals surface area contributed by atoms with Crippen molar-refractivity contribution in [2.24, 2.45) is 0 Å². The molecule has 9 heavy (non-hydrogen) atoms. The number of aliphatic hydroxyl groups is 1. The zero-order valence-corrected chi connectivity index (χ0v) is 5.50. The van der Waals surface area contributed by atoms with Crippen LogP contribution in [0.2, 0.25) is 0 Å². The molecule has 0 aromatic carbocycles. The first-order chi connectivity index (χ1) is 4.18. The lowest BCUT2D eigenvalue weighted by Crippen LogP contribution is -1.96. The van der Waals surface area contributed by atoms with Crippen LogP contribution in [0.15, 0.2) is 12.7 Å². The van der Waals surface area contributed by atoms with Gasteiger partial charge in [0.2, 0.25) is 0 Å². The fraction of sp³-hybridized carbons (Fsp3) is 0.500. The molecule has 0 aromatic heterocycles. The van der Waals surface area contributed by atoms with Gasteiger partial charge in [0.1, 0.15) is 0 Å². The smallest absolute Gasteiger partial charge is 0.305 e. The standard InChI is InChI=1S/C3H6O3.C3H6/c4-2-1-3(5)6;1-3-2/h4H,1-2H2,(H,5,6);3H,1H2,2H3. The van der Waals surface area contributed by atoms with Crippen molar-refractivity contribution in [3.63, 3.8) is 0 Å². The topological polar surface area (TPSA) is 57.5 Å². The predicted octanol–water partition coefficient (Wildman–Crippen LogP) is 0.646. The molecule has 0 amide bonds. The van der Waals surface area contributed by atoms with Crippen molar-refractivity contribution in [3.8, 4) is 0 Å². The predicted molar refractivity (Wildman–Crippen MR) is 35.2 cm³/mol. The first-order valence-electron chi connectivity index (χ1n) is 2.58. The normalized spacial score (nSPS) is 6.89. The number of carbonyl (C=O) groups is 1. The number of rotatable bonds is 2. The SMILES string of the molecule is C=CC.O=C(O)CCO. The molecule has 3 heteroatoms. The number of hydrogen-bond donors (Lipinski definition) is 2. The van der Waals surface area contributed by atoms with E-state index in [1.165, 1.54) is 0 Å². The van der Waals surface area contributed by atoms with Gasteiger partial charge >= 0.3 is 5.97 Å². The summed E-state index contributed by atoms with van der Waals surface area (Å²) in [5.41, 5.74) is 0. The Hall–Kier alpha value is -0.830. The maximum atomic E-state index is 9.44. The average Bonchev–Trinajstić information content (AvgIpc) is 1.67. The maximum absolute atomic E-state index is 9.44. The summed E-state index contributed by atoms with van der Waals surface area (Å²) < 4.78 is 0. The number of carboxylic acids is 1. The maximum Gasteiger partial charge on any atom is 0.305 e. The molecule has 0 spiro atoms. The number of hydrogen-bond acceptors (Lipinski definition) is 2. The molecule has 0 aliphatic rings. The van der Waals surface area contributed by atoms with Gasteiger partial charge in [0.15, 0.2) is 0 Å². The number of aliphatic hydroxyl groups excluding tert-OH is 1. The number of carboxylic acid groups (broad SMARTS) is 1. The molecule has 0 radical (unpaired) electrons. The van der Waals surface area contributed by atoms with Gasteiger partial charge in [-0.1, -0.05) is 6.08 Å². The van der Waals surface area contributed by atoms with Crippen molar-refractivity contribution in [2.75, 3.05) is 6.61 Å². The zero-order chi connectivity index (χ0) is 7.70. The van der Waals surface area contributed by atoms with Gasteiger partial charge in [0, 0.05) is 0 Å². The van der Waals surface area contributed by atoms with Gasteiger partial charge in [0.25, 0.3) is 0 Å². The summed E-state index contributed by atoms with van der Waals surface area (Å²) in [4.78, 5) is 9.44. The molecule has 0 unspecified atom stereocenters. The van der Waals surface area contributed by atoms with Crippen molar-refractivity contribution in [3.05, 3.63) is 12.7 Å². The Kier molecular flexibility index (Phi) is 12.5. The molecular weight excluding hydrogens is 120 g/mol. The van der Waals surface area contributed by atoms with E-state index < -0.39 is 5.97 Å². The van der Waals surface area contributed by atoms with E-state index in [0.717, 1.165) is 0 Å². The highest BCUT2D eigenvalue weighted by molar-refractivity contribution is 5.66. The third-order valence-electron chi connectivity index (χ3n) is 0.326. The van der Waals surface area contributed by atoms with Crippen LogP contribution in [0.25, 0.3) is 0 Å². The van der Waals surface area contributed by atoms with Crippen molar-refractivity contribution in [2.45, 2.75) is 13.3 Å². The van der Waals surface area contributed by atoms with E-state index in [-0.39, 0.29) is 13.0 Å². The molecule has 3 nitrogen and oxygen atoms in total. The van der Waals surface area contributed by atoms with E-state index >= 15 is 0 Å². The summed E-state index contributed by atoms with van der Waals surface area (Å²) >= 11 is 0. The van der Waals surface area contributed by atoms with Gasteiger partial charge in [0.05, 0.1) is 13.0 Å². The Balaban J connectivity index is 0. The molecule has 0 aliphatic carbocycles. The minimum absolute atomic E-state index is 0.153. The lowest BCUT2D eigenvalue weighted by atomic mass is 10.5. The van der Waals surface area contributed by atoms with Gasteiger partial charge < -0.3 is 10.2 Å². The third kappa shape index (κ3) is 40.7. The molecule has 0 saturated carbocycles. The van der Waals surface area contributed by atoms with Gasteiger partial charge in [-0.3, -0.25) is 4.79 Å². The van der Waals surface area contributed by atoms with Crippen molar-refractivity contribution >= 4 is 5.97 Å². The largest absolute Gasteiger partial charge is 0.481 e. The summed E-state index contributed by atoms with van der Waals surface area (Å²) in [5.74, 6) is -0.961. The summed E-state index contributed by atoms with van der Waals surface area (Å²) in [6.45, 7) is 4.98. The van der Waals surface area contributed by atoms with Crippen LogP contribution in [-0.2, 0) is 4.79 Å². The van der Waals surface area contributed by atoms with E-state index in [1.54, 1.807) is 6.08 Å². The fourth-order valence-electron chi connectivity index (χ4n) is 0.0956. The Morgan fingerprint density at radius 2 is 2.11 bits per heavy atom. The first kappa shape index (κ1) is 11.0. The van der Waals surface area contributed by atoms with Gasteiger partial charge in [-0.2, -0.15) is 0 Å². The lowest BCUT2D eigenvalue weighted by Gasteiger charge is -1.79. The molecule has 54 valence electrons. The van der Waals surface area contributed by atoms with E-state index in [0.29, 0.717) is 0 Å². The second kappa shape index (κ2) is 10.2. The number of aliphatic carboxylic acids is 1. The highest BCUT2D eigenvalue weighted by Gasteiger charge is 1.88. The van der Waals surface area contributed by atoms with Crippen molar-refractivity contribution in [1.29, 1.82) is 0 Å². The molecule has 2 N–H and O–H groups in total. The monoisotopic (exact) mass is 132 g/mol. The molecule has 0 saturated heterocycles. The quantitative estimate of drug-likeness (QED) is 0.542. The molecule has 0 atom stereocenters. The van der Waals surface area contributed by atoms with E-state index in [9.17, 15) is 4.79 Å². The van der Waals surface area contributed by atoms with Crippen LogP contribution in [0.4, 0.5) is 0 Å². The Morgan fingerprint density at radius 3 is 2.11 bits per heavy atom. The molecule has 0 fully saturated rings. The molecule has 0 aromatic rings. The number of allylic oxidation sites excluding steroid dienone is 1. The summed E-state index contributed by atoms with van der Waals surface area (Å²) in [6, 6.07) is 0. The van der Waals surface area contributed by atoms with Crippen molar-refractivity contribution < 1.29 is 15.0 Å². The van der Waals surface area contributed by atoms with Gasteiger partial charge in [-0.25, -0.2) is 0 Å². The highest BCUT2D eigenvalue weighted by Crippen LogP contribution is 1.70. The van der Waals surface area contributed by atoms with Crippen LogP contribution in [0.3, 0.4) is 0 Å². The highest BCUT2D eigenvalue weighted by atomic mass is 16.4. The van der Waals surface area contributed by atoms with E-state index in [4.69, 9.17) is 10.2 Å². The van der Waals surface area contributed by atoms with Gasteiger partial charge in [-0.15, -0.1) is 6.58 Å². The van der Waals surface area contributed by atoms with Crippen molar-refractivity contribution in [1.82, 2.24) is 0 Å². The third-order valence-corrected chi connectivity index (χ3v) is 0.326. The minimum Gasteiger partial charge on any atom is -0.481 e. The van der Waals surface area contributed by atoms with E-state index in [1.807, 2.05) is 6.92 Å². The summed E-state index contributed by atoms with van der Waals surface area (Å²) in [5, 5.41) is 15.6. The van der Waals surface area contributed by atoms with Crippen LogP contribution in [-0.4, -0.2) is 22.8 Å². The molecule has 0 aliphatic heterocycles. The zero-order valence-electron chi connectivity index (χ0n) is 5.50. The lowest BCUT2D eigenvalue weighted by molar-refractivity contribution is -0.137. The molecular formula is C6H12O3. The second-order valence-corrected chi connectivity index (χ2v) is 1.28. The van der Waals surface area contributed by atoms with Gasteiger partial charge in [-0.05, 0) is 6.92 Å². The van der Waals surface area contributed by atoms with E-state index in [2.05, 4.69) is 6.58 Å². The Bertz CT molecular complexity index is 78.4. The average molecular weight is 132 g/mol. The minimum atomic E-state index is -0.961. The fourth-order valence-corrected chi connectivity index (χ4v) is 0.0956. The first-order valence-corrected chi connectivity index (χ1v) is 2.58. The Labute approximate surface area is 54.6 Å². The Morgan fingerprint density at radius 1 is 1.78 bits per heavy atom. The summed E-state index contributed by atoms with van der Waals surface area (Å²) in [7, 11) is 0. The molecule has 0 bridgehead atoms. The second-order valence-electron chi connectivity index (χ2n) is 1.28. The van der Waals surface area contributed by atoms with Crippen LogP contribution in [0.1, 0.15) is 13.3 Å². The van der Waals surface area contributed by atoms with Crippen LogP contribution in [0.5, 0.6) is 0 Å². The van der Waals surface area contributed by atoms with Crippen LogP contribution >= 0.6 is 0 Å². The van der Waals surface area contributed by atoms with Crippen LogP contribution in [0, 0.1) is 0 Å². The van der Waals surface area contributed by atoms with Crippen LogP contribution < -0.4 is 0 Å². The molecule has 0 rings (SSSR count).